The van der Waals surface area contributed by atoms with Gasteiger partial charge in [-0.15, -0.1) is 0 Å². The normalized spacial score (nSPS) is 25.3. The maximum absolute atomic E-state index is 13.8. The Kier molecular flexibility index (Phi) is 10.9. The third-order valence-corrected chi connectivity index (χ3v) is 8.55. The Morgan fingerprint density at radius 1 is 1.18 bits per heavy atom. The van der Waals surface area contributed by atoms with E-state index in [1.54, 1.807) is 23.1 Å². The van der Waals surface area contributed by atoms with E-state index in [-0.39, 0.29) is 50.0 Å². The molecule has 1 saturated carbocycles. The van der Waals surface area contributed by atoms with Crippen molar-refractivity contribution in [1.29, 1.82) is 0 Å². The highest BCUT2D eigenvalue weighted by Crippen LogP contribution is 2.38. The van der Waals surface area contributed by atoms with Crippen molar-refractivity contribution in [2.45, 2.75) is 75.9 Å². The van der Waals surface area contributed by atoms with Crippen molar-refractivity contribution < 1.29 is 39.1 Å². The highest BCUT2D eigenvalue weighted by Gasteiger charge is 2.43. The third-order valence-electron chi connectivity index (χ3n) is 7.75. The molecule has 1 aliphatic heterocycles. The lowest BCUT2D eigenvalue weighted by Gasteiger charge is -2.42. The van der Waals surface area contributed by atoms with Crippen LogP contribution in [0.3, 0.4) is 0 Å². The van der Waals surface area contributed by atoms with Crippen LogP contribution in [0.15, 0.2) is 23.8 Å². The fraction of sp³-hybridized carbons (Fsp3) is 0.643. The quantitative estimate of drug-likeness (QED) is 0.265. The van der Waals surface area contributed by atoms with E-state index in [1.807, 2.05) is 0 Å². The molecule has 0 bridgehead atoms. The van der Waals surface area contributed by atoms with Gasteiger partial charge in [0.15, 0.2) is 11.5 Å². The Hall–Kier alpha value is -1.93. The van der Waals surface area contributed by atoms with Gasteiger partial charge >= 0.3 is 0 Å². The molecule has 0 spiro atoms. The van der Waals surface area contributed by atoms with E-state index >= 15 is 0 Å². The van der Waals surface area contributed by atoms with Crippen molar-refractivity contribution in [2.24, 2.45) is 5.92 Å². The Morgan fingerprint density at radius 3 is 2.59 bits per heavy atom. The summed E-state index contributed by atoms with van der Waals surface area (Å²) in [6, 6.07) is 2.72. The first-order valence-corrected chi connectivity index (χ1v) is 14.8. The molecule has 39 heavy (non-hydrogen) atoms. The minimum Gasteiger partial charge on any atom is -0.493 e. The SMILES string of the molecule is COc1cc(CO)cc(I)c1OC1C=C(C(=O)NCCO)CC(N(CC2CCCO2)C(=O)C2CCCC2)C1O. The molecule has 4 rings (SSSR count). The summed E-state index contributed by atoms with van der Waals surface area (Å²) in [6.07, 6.45) is 4.94. The van der Waals surface area contributed by atoms with Gasteiger partial charge in [-0.2, -0.15) is 0 Å². The number of amides is 2. The summed E-state index contributed by atoms with van der Waals surface area (Å²) < 4.78 is 18.4. The number of halogens is 1. The van der Waals surface area contributed by atoms with E-state index in [4.69, 9.17) is 14.2 Å². The third kappa shape index (κ3) is 7.24. The van der Waals surface area contributed by atoms with Crippen LogP contribution in [0.2, 0.25) is 0 Å². The summed E-state index contributed by atoms with van der Waals surface area (Å²) in [7, 11) is 1.49. The number of hydrogen-bond acceptors (Lipinski definition) is 8. The maximum atomic E-state index is 13.8. The van der Waals surface area contributed by atoms with Crippen LogP contribution >= 0.6 is 22.6 Å². The lowest BCUT2D eigenvalue weighted by molar-refractivity contribution is -0.145. The number of nitrogens with one attached hydrogen (secondary N) is 1. The molecule has 4 atom stereocenters. The Balaban J connectivity index is 1.68. The van der Waals surface area contributed by atoms with Crippen molar-refractivity contribution in [3.63, 3.8) is 0 Å². The number of carbonyl (C=O) groups excluding carboxylic acids is 2. The molecule has 1 saturated heterocycles. The zero-order chi connectivity index (χ0) is 27.9. The largest absolute Gasteiger partial charge is 0.493 e. The number of nitrogens with zero attached hydrogens (tertiary/aromatic N) is 1. The van der Waals surface area contributed by atoms with Crippen LogP contribution in [0.4, 0.5) is 0 Å². The van der Waals surface area contributed by atoms with Gasteiger partial charge in [0.2, 0.25) is 11.8 Å². The van der Waals surface area contributed by atoms with Gasteiger partial charge in [-0.3, -0.25) is 9.59 Å². The number of hydrogen-bond donors (Lipinski definition) is 4. The van der Waals surface area contributed by atoms with E-state index in [0.717, 1.165) is 38.5 Å². The van der Waals surface area contributed by atoms with Crippen molar-refractivity contribution >= 4 is 34.4 Å². The van der Waals surface area contributed by atoms with Crippen molar-refractivity contribution in [2.75, 3.05) is 33.4 Å². The Bertz CT molecular complexity index is 1040. The molecular formula is C28H39IN2O8. The van der Waals surface area contributed by atoms with Crippen LogP contribution in [0.1, 0.15) is 50.5 Å². The Labute approximate surface area is 242 Å². The summed E-state index contributed by atoms with van der Waals surface area (Å²) in [6.45, 7) is 0.706. The second-order valence-electron chi connectivity index (χ2n) is 10.4. The predicted octanol–water partition coefficient (Wildman–Crippen LogP) is 1.91. The molecule has 1 aromatic rings. The number of rotatable bonds is 11. The van der Waals surface area contributed by atoms with E-state index in [2.05, 4.69) is 27.9 Å². The number of methoxy groups -OCH3 is 1. The maximum Gasteiger partial charge on any atom is 0.247 e. The minimum absolute atomic E-state index is 0.0118. The topological polar surface area (TPSA) is 138 Å². The summed E-state index contributed by atoms with van der Waals surface area (Å²) in [4.78, 5) is 28.6. The smallest absolute Gasteiger partial charge is 0.247 e. The molecule has 1 aromatic carbocycles. The summed E-state index contributed by atoms with van der Waals surface area (Å²) in [5.41, 5.74) is 1.02. The van der Waals surface area contributed by atoms with Gasteiger partial charge in [-0.1, -0.05) is 12.8 Å². The molecule has 4 unspecified atom stereocenters. The van der Waals surface area contributed by atoms with E-state index in [9.17, 15) is 24.9 Å². The molecular weight excluding hydrogens is 619 g/mol. The van der Waals surface area contributed by atoms with Gasteiger partial charge in [0.25, 0.3) is 0 Å². The molecule has 11 heteroatoms. The number of carbonyl (C=O) groups is 2. The molecule has 2 amide bonds. The van der Waals surface area contributed by atoms with Crippen LogP contribution in [0, 0.1) is 9.49 Å². The molecule has 1 heterocycles. The number of benzene rings is 1. The van der Waals surface area contributed by atoms with Gasteiger partial charge in [0.05, 0.1) is 36.0 Å². The van der Waals surface area contributed by atoms with Gasteiger partial charge < -0.3 is 39.7 Å². The van der Waals surface area contributed by atoms with Crippen LogP contribution in [0.5, 0.6) is 11.5 Å². The fourth-order valence-electron chi connectivity index (χ4n) is 5.70. The molecule has 10 nitrogen and oxygen atoms in total. The second-order valence-corrected chi connectivity index (χ2v) is 11.6. The first-order valence-electron chi connectivity index (χ1n) is 13.7. The fourth-order valence-corrected chi connectivity index (χ4v) is 6.49. The van der Waals surface area contributed by atoms with Gasteiger partial charge in [0.1, 0.15) is 12.2 Å². The van der Waals surface area contributed by atoms with E-state index in [0.29, 0.717) is 39.4 Å². The Morgan fingerprint density at radius 2 is 1.95 bits per heavy atom. The zero-order valence-electron chi connectivity index (χ0n) is 22.3. The lowest BCUT2D eigenvalue weighted by Crippen LogP contribution is -2.57. The average molecular weight is 659 g/mol. The molecule has 0 radical (unpaired) electrons. The number of ether oxygens (including phenoxy) is 3. The zero-order valence-corrected chi connectivity index (χ0v) is 24.5. The van der Waals surface area contributed by atoms with Crippen LogP contribution < -0.4 is 14.8 Å². The highest BCUT2D eigenvalue weighted by atomic mass is 127. The van der Waals surface area contributed by atoms with Crippen LogP contribution in [0.25, 0.3) is 0 Å². The van der Waals surface area contributed by atoms with Gasteiger partial charge in [0, 0.05) is 37.6 Å². The van der Waals surface area contributed by atoms with E-state index < -0.39 is 18.2 Å². The molecule has 216 valence electrons. The van der Waals surface area contributed by atoms with E-state index in [1.165, 1.54) is 7.11 Å². The summed E-state index contributed by atoms with van der Waals surface area (Å²) >= 11 is 2.08. The summed E-state index contributed by atoms with van der Waals surface area (Å²) in [5.74, 6) is 0.263. The lowest BCUT2D eigenvalue weighted by atomic mass is 9.87. The van der Waals surface area contributed by atoms with Crippen LogP contribution in [-0.2, 0) is 20.9 Å². The number of aliphatic hydroxyl groups excluding tert-OH is 3. The van der Waals surface area contributed by atoms with Gasteiger partial charge in [-0.25, -0.2) is 0 Å². The molecule has 4 N–H and O–H groups in total. The highest BCUT2D eigenvalue weighted by molar-refractivity contribution is 14.1. The first kappa shape index (κ1) is 30.0. The first-order chi connectivity index (χ1) is 18.9. The molecule has 2 aliphatic carbocycles. The van der Waals surface area contributed by atoms with Crippen molar-refractivity contribution in [3.05, 3.63) is 32.9 Å². The molecule has 0 aromatic heterocycles. The number of aliphatic hydroxyl groups is 3. The standard InChI is InChI=1S/C28H39IN2O8/c1-37-24-12-17(16-33)11-21(29)26(24)39-23-14-19(27(35)30-8-9-32)13-22(25(23)34)31(15-20-7-4-10-38-20)28(36)18-5-2-3-6-18/h11-12,14,18,20,22-23,25,32-34H,2-10,13,15-16H2,1H3,(H,30,35). The predicted molar refractivity (Wildman–Crippen MR) is 151 cm³/mol. The minimum atomic E-state index is -1.12. The molecule has 2 fully saturated rings. The van der Waals surface area contributed by atoms with Crippen LogP contribution in [-0.4, -0.2) is 89.8 Å². The monoisotopic (exact) mass is 658 g/mol. The van der Waals surface area contributed by atoms with Crippen molar-refractivity contribution in [3.8, 4) is 11.5 Å². The molecule has 3 aliphatic rings. The van der Waals surface area contributed by atoms with Crippen molar-refractivity contribution in [1.82, 2.24) is 10.2 Å². The summed E-state index contributed by atoms with van der Waals surface area (Å²) in [5, 5.41) is 33.2. The van der Waals surface area contributed by atoms with Gasteiger partial charge in [-0.05, 0) is 72.0 Å². The second kappa shape index (κ2) is 14.1. The average Bonchev–Trinajstić information content (AvgIpc) is 3.67.